The van der Waals surface area contributed by atoms with Crippen LogP contribution in [0.3, 0.4) is 0 Å². The van der Waals surface area contributed by atoms with E-state index >= 15 is 0 Å². The largest absolute Gasteiger partial charge is 0.374 e. The highest BCUT2D eigenvalue weighted by Gasteiger charge is 2.19. The Balaban J connectivity index is 1.69. The molecule has 26 heavy (non-hydrogen) atoms. The molecule has 3 rings (SSSR count). The Labute approximate surface area is 153 Å². The van der Waals surface area contributed by atoms with Gasteiger partial charge in [0.2, 0.25) is 0 Å². The second-order valence-electron chi connectivity index (χ2n) is 6.20. The lowest BCUT2D eigenvalue weighted by molar-refractivity contribution is 0.0796. The van der Waals surface area contributed by atoms with Gasteiger partial charge in [-0.1, -0.05) is 60.7 Å². The Hall–Kier alpha value is -2.92. The fourth-order valence-corrected chi connectivity index (χ4v) is 2.73. The number of amides is 1. The standard InChI is InChI=1S/C21H23N3O2/c1-16-19(13-22-24(16)2)21(25)23-20(18-11-7-4-8-12-18)15-26-14-17-9-5-3-6-10-17/h3-13,20H,14-15H2,1-2H3,(H,23,25)/t20-/m0/s1. The second kappa shape index (κ2) is 8.45. The van der Waals surface area contributed by atoms with Gasteiger partial charge in [-0.25, -0.2) is 0 Å². The van der Waals surface area contributed by atoms with Gasteiger partial charge in [-0.05, 0) is 18.1 Å². The summed E-state index contributed by atoms with van der Waals surface area (Å²) in [5.74, 6) is -0.146. The van der Waals surface area contributed by atoms with E-state index < -0.39 is 0 Å². The highest BCUT2D eigenvalue weighted by atomic mass is 16.5. The molecular formula is C21H23N3O2. The molecule has 0 bridgehead atoms. The minimum Gasteiger partial charge on any atom is -0.374 e. The number of benzene rings is 2. The highest BCUT2D eigenvalue weighted by Crippen LogP contribution is 2.16. The first-order chi connectivity index (χ1) is 12.6. The van der Waals surface area contributed by atoms with Crippen LogP contribution >= 0.6 is 0 Å². The third kappa shape index (κ3) is 4.37. The number of hydrogen-bond donors (Lipinski definition) is 1. The van der Waals surface area contributed by atoms with E-state index in [1.807, 2.05) is 74.6 Å². The van der Waals surface area contributed by atoms with Crippen LogP contribution in [-0.4, -0.2) is 22.3 Å². The van der Waals surface area contributed by atoms with Crippen molar-refractivity contribution in [1.29, 1.82) is 0 Å². The first-order valence-corrected chi connectivity index (χ1v) is 8.61. The van der Waals surface area contributed by atoms with Crippen LogP contribution in [0.25, 0.3) is 0 Å². The van der Waals surface area contributed by atoms with Crippen LogP contribution < -0.4 is 5.32 Å². The molecule has 1 N–H and O–H groups in total. The number of aryl methyl sites for hydroxylation is 1. The topological polar surface area (TPSA) is 56.1 Å². The smallest absolute Gasteiger partial charge is 0.255 e. The average Bonchev–Trinajstić information content (AvgIpc) is 3.01. The maximum atomic E-state index is 12.7. The molecule has 0 saturated heterocycles. The molecule has 0 fully saturated rings. The van der Waals surface area contributed by atoms with Crippen molar-refractivity contribution < 1.29 is 9.53 Å². The zero-order valence-electron chi connectivity index (χ0n) is 15.1. The van der Waals surface area contributed by atoms with Gasteiger partial charge >= 0.3 is 0 Å². The minimum absolute atomic E-state index is 0.146. The third-order valence-electron chi connectivity index (χ3n) is 4.38. The van der Waals surface area contributed by atoms with E-state index in [4.69, 9.17) is 4.74 Å². The molecule has 1 amide bonds. The van der Waals surface area contributed by atoms with Gasteiger partial charge in [-0.15, -0.1) is 0 Å². The van der Waals surface area contributed by atoms with E-state index in [-0.39, 0.29) is 11.9 Å². The monoisotopic (exact) mass is 349 g/mol. The summed E-state index contributed by atoms with van der Waals surface area (Å²) in [5, 5.41) is 7.22. The molecule has 0 aliphatic carbocycles. The molecule has 5 heteroatoms. The number of hydrogen-bond acceptors (Lipinski definition) is 3. The highest BCUT2D eigenvalue weighted by molar-refractivity contribution is 5.95. The van der Waals surface area contributed by atoms with Crippen LogP contribution in [0.5, 0.6) is 0 Å². The van der Waals surface area contributed by atoms with Crippen LogP contribution in [0, 0.1) is 6.92 Å². The van der Waals surface area contributed by atoms with E-state index in [9.17, 15) is 4.79 Å². The van der Waals surface area contributed by atoms with E-state index in [0.29, 0.717) is 18.8 Å². The van der Waals surface area contributed by atoms with Crippen LogP contribution in [0.1, 0.15) is 33.2 Å². The molecule has 0 radical (unpaired) electrons. The minimum atomic E-state index is -0.230. The van der Waals surface area contributed by atoms with Gasteiger partial charge in [-0.2, -0.15) is 5.10 Å². The fraction of sp³-hybridized carbons (Fsp3) is 0.238. The van der Waals surface area contributed by atoms with Crippen molar-refractivity contribution in [3.63, 3.8) is 0 Å². The van der Waals surface area contributed by atoms with E-state index in [1.54, 1.807) is 10.9 Å². The van der Waals surface area contributed by atoms with Gasteiger partial charge in [0.25, 0.3) is 5.91 Å². The predicted molar refractivity (Wildman–Crippen MR) is 101 cm³/mol. The molecule has 3 aromatic rings. The molecule has 0 aliphatic rings. The van der Waals surface area contributed by atoms with E-state index in [2.05, 4.69) is 10.4 Å². The van der Waals surface area contributed by atoms with Crippen molar-refractivity contribution in [3.8, 4) is 0 Å². The summed E-state index contributed by atoms with van der Waals surface area (Å²) in [6, 6.07) is 19.6. The Morgan fingerprint density at radius 2 is 1.77 bits per heavy atom. The molecule has 0 spiro atoms. The van der Waals surface area contributed by atoms with Crippen LogP contribution in [-0.2, 0) is 18.4 Å². The lowest BCUT2D eigenvalue weighted by Crippen LogP contribution is -2.31. The summed E-state index contributed by atoms with van der Waals surface area (Å²) in [4.78, 5) is 12.7. The lowest BCUT2D eigenvalue weighted by atomic mass is 10.1. The Bertz CT molecular complexity index is 844. The number of carbonyl (C=O) groups excluding carboxylic acids is 1. The number of nitrogens with zero attached hydrogens (tertiary/aromatic N) is 2. The molecule has 0 aliphatic heterocycles. The van der Waals surface area contributed by atoms with Gasteiger partial charge < -0.3 is 10.1 Å². The molecular weight excluding hydrogens is 326 g/mol. The molecule has 1 aromatic heterocycles. The Kier molecular flexibility index (Phi) is 5.81. The zero-order chi connectivity index (χ0) is 18.4. The van der Waals surface area contributed by atoms with Crippen molar-refractivity contribution in [2.24, 2.45) is 7.05 Å². The van der Waals surface area contributed by atoms with Crippen LogP contribution in [0.4, 0.5) is 0 Å². The summed E-state index contributed by atoms with van der Waals surface area (Å²) in [6.07, 6.45) is 1.59. The van der Waals surface area contributed by atoms with Crippen LogP contribution in [0.15, 0.2) is 66.9 Å². The number of ether oxygens (including phenoxy) is 1. The van der Waals surface area contributed by atoms with E-state index in [1.165, 1.54) is 0 Å². The van der Waals surface area contributed by atoms with Crippen molar-refractivity contribution in [3.05, 3.63) is 89.2 Å². The van der Waals surface area contributed by atoms with Crippen molar-refractivity contribution in [2.75, 3.05) is 6.61 Å². The zero-order valence-corrected chi connectivity index (χ0v) is 15.1. The molecule has 0 unspecified atom stereocenters. The van der Waals surface area contributed by atoms with Gasteiger partial charge in [0.15, 0.2) is 0 Å². The van der Waals surface area contributed by atoms with Gasteiger partial charge in [0.1, 0.15) is 0 Å². The van der Waals surface area contributed by atoms with Gasteiger partial charge in [0.05, 0.1) is 31.0 Å². The first-order valence-electron chi connectivity index (χ1n) is 8.61. The normalized spacial score (nSPS) is 11.9. The molecule has 0 saturated carbocycles. The molecule has 1 atom stereocenters. The second-order valence-corrected chi connectivity index (χ2v) is 6.20. The van der Waals surface area contributed by atoms with Crippen molar-refractivity contribution in [2.45, 2.75) is 19.6 Å². The summed E-state index contributed by atoms with van der Waals surface area (Å²) >= 11 is 0. The average molecular weight is 349 g/mol. The number of carbonyl (C=O) groups is 1. The third-order valence-corrected chi connectivity index (χ3v) is 4.38. The number of rotatable bonds is 7. The molecule has 134 valence electrons. The summed E-state index contributed by atoms with van der Waals surface area (Å²) in [7, 11) is 1.82. The number of nitrogens with one attached hydrogen (secondary N) is 1. The quantitative estimate of drug-likeness (QED) is 0.711. The Morgan fingerprint density at radius 1 is 1.12 bits per heavy atom. The fourth-order valence-electron chi connectivity index (χ4n) is 2.73. The SMILES string of the molecule is Cc1c(C(=O)N[C@@H](COCc2ccccc2)c2ccccc2)cnn1C. The molecule has 2 aromatic carbocycles. The summed E-state index contributed by atoms with van der Waals surface area (Å²) in [6.45, 7) is 2.78. The maximum Gasteiger partial charge on any atom is 0.255 e. The predicted octanol–water partition coefficient (Wildman–Crippen LogP) is 3.42. The van der Waals surface area contributed by atoms with Crippen molar-refractivity contribution >= 4 is 5.91 Å². The summed E-state index contributed by atoms with van der Waals surface area (Å²) in [5.41, 5.74) is 3.53. The van der Waals surface area contributed by atoms with Crippen LogP contribution in [0.2, 0.25) is 0 Å². The first kappa shape index (κ1) is 17.9. The molecule has 1 heterocycles. The Morgan fingerprint density at radius 3 is 2.38 bits per heavy atom. The van der Waals surface area contributed by atoms with Crippen molar-refractivity contribution in [1.82, 2.24) is 15.1 Å². The van der Waals surface area contributed by atoms with Gasteiger partial charge in [-0.3, -0.25) is 9.48 Å². The van der Waals surface area contributed by atoms with E-state index in [0.717, 1.165) is 16.8 Å². The maximum absolute atomic E-state index is 12.7. The van der Waals surface area contributed by atoms with Gasteiger partial charge in [0, 0.05) is 12.7 Å². The summed E-state index contributed by atoms with van der Waals surface area (Å²) < 4.78 is 7.57. The lowest BCUT2D eigenvalue weighted by Gasteiger charge is -2.19. The number of aromatic nitrogens is 2. The molecule has 5 nitrogen and oxygen atoms in total.